The molecule has 1 aliphatic carbocycles. The van der Waals surface area contributed by atoms with Gasteiger partial charge in [-0.25, -0.2) is 9.97 Å². The van der Waals surface area contributed by atoms with Crippen molar-refractivity contribution in [3.05, 3.63) is 18.1 Å². The molecule has 0 amide bonds. The highest BCUT2D eigenvalue weighted by atomic mass is 32.1. The van der Waals surface area contributed by atoms with Crippen molar-refractivity contribution in [2.24, 2.45) is 11.7 Å². The molecule has 0 atom stereocenters. The first kappa shape index (κ1) is 11.3. The minimum absolute atomic E-state index is 0.228. The zero-order chi connectivity index (χ0) is 11.4. The molecule has 4 nitrogen and oxygen atoms in total. The molecule has 1 heterocycles. The van der Waals surface area contributed by atoms with Gasteiger partial charge >= 0.3 is 0 Å². The number of hydrogen-bond donors (Lipinski definition) is 1. The fraction of sp³-hybridized carbons (Fsp3) is 0.545. The second-order valence-electron chi connectivity index (χ2n) is 4.01. The fourth-order valence-corrected chi connectivity index (χ4v) is 1.84. The average Bonchev–Trinajstić information content (AvgIpc) is 2.22. The second kappa shape index (κ2) is 5.21. The zero-order valence-corrected chi connectivity index (χ0v) is 9.87. The lowest BCUT2D eigenvalue weighted by atomic mass is 9.83. The Hall–Kier alpha value is -1.23. The smallest absolute Gasteiger partial charge is 0.243 e. The van der Waals surface area contributed by atoms with E-state index in [-0.39, 0.29) is 4.99 Å². The van der Waals surface area contributed by atoms with Gasteiger partial charge in [0, 0.05) is 12.4 Å². The monoisotopic (exact) mass is 237 g/mol. The van der Waals surface area contributed by atoms with Gasteiger partial charge in [0.25, 0.3) is 0 Å². The van der Waals surface area contributed by atoms with E-state index in [2.05, 4.69) is 9.97 Å². The third kappa shape index (κ3) is 2.66. The molecule has 2 N–H and O–H groups in total. The molecule has 0 aromatic carbocycles. The number of rotatable bonds is 5. The van der Waals surface area contributed by atoms with Crippen molar-refractivity contribution in [3.8, 4) is 5.88 Å². The predicted octanol–water partition coefficient (Wildman–Crippen LogP) is 1.68. The molecule has 0 aliphatic heterocycles. The van der Waals surface area contributed by atoms with Gasteiger partial charge in [0.1, 0.15) is 4.99 Å². The van der Waals surface area contributed by atoms with E-state index in [1.807, 2.05) is 0 Å². The third-order valence-electron chi connectivity index (χ3n) is 2.89. The lowest BCUT2D eigenvalue weighted by Crippen LogP contribution is -2.17. The molecule has 86 valence electrons. The van der Waals surface area contributed by atoms with Crippen molar-refractivity contribution in [1.82, 2.24) is 9.97 Å². The Morgan fingerprint density at radius 2 is 2.19 bits per heavy atom. The van der Waals surface area contributed by atoms with E-state index in [9.17, 15) is 0 Å². The number of aromatic nitrogens is 2. The van der Waals surface area contributed by atoms with Gasteiger partial charge in [-0.3, -0.25) is 0 Å². The Morgan fingerprint density at radius 1 is 1.44 bits per heavy atom. The van der Waals surface area contributed by atoms with Gasteiger partial charge < -0.3 is 10.5 Å². The Morgan fingerprint density at radius 3 is 2.81 bits per heavy atom. The molecule has 0 radical (unpaired) electrons. The van der Waals surface area contributed by atoms with Crippen molar-refractivity contribution in [2.75, 3.05) is 6.61 Å². The molecular formula is C11H15N3OS. The van der Waals surface area contributed by atoms with Crippen LogP contribution in [0.15, 0.2) is 12.4 Å². The maximum atomic E-state index is 5.56. The topological polar surface area (TPSA) is 61.0 Å². The van der Waals surface area contributed by atoms with Crippen LogP contribution in [0.4, 0.5) is 0 Å². The first-order chi connectivity index (χ1) is 7.77. The van der Waals surface area contributed by atoms with Gasteiger partial charge in [-0.1, -0.05) is 31.5 Å². The van der Waals surface area contributed by atoms with Crippen LogP contribution in [-0.4, -0.2) is 21.6 Å². The summed E-state index contributed by atoms with van der Waals surface area (Å²) in [4.78, 5) is 8.37. The van der Waals surface area contributed by atoms with Gasteiger partial charge in [-0.2, -0.15) is 0 Å². The van der Waals surface area contributed by atoms with E-state index in [0.717, 1.165) is 12.3 Å². The van der Waals surface area contributed by atoms with E-state index >= 15 is 0 Å². The van der Waals surface area contributed by atoms with Crippen LogP contribution in [0.1, 0.15) is 31.4 Å². The van der Waals surface area contributed by atoms with Crippen molar-refractivity contribution in [1.29, 1.82) is 0 Å². The maximum absolute atomic E-state index is 5.56. The lowest BCUT2D eigenvalue weighted by Gasteiger charge is -2.24. The van der Waals surface area contributed by atoms with E-state index < -0.39 is 0 Å². The van der Waals surface area contributed by atoms with Gasteiger partial charge in [0.05, 0.1) is 6.61 Å². The maximum Gasteiger partial charge on any atom is 0.243 e. The third-order valence-corrected chi connectivity index (χ3v) is 3.08. The van der Waals surface area contributed by atoms with E-state index in [1.165, 1.54) is 19.3 Å². The Kier molecular flexibility index (Phi) is 3.66. The average molecular weight is 237 g/mol. The summed E-state index contributed by atoms with van der Waals surface area (Å²) >= 11 is 4.88. The Bertz CT molecular complexity index is 379. The quantitative estimate of drug-likeness (QED) is 0.789. The van der Waals surface area contributed by atoms with Crippen LogP contribution in [0.25, 0.3) is 0 Å². The normalized spacial score (nSPS) is 15.5. The highest BCUT2D eigenvalue weighted by Crippen LogP contribution is 2.29. The van der Waals surface area contributed by atoms with Crippen LogP contribution in [-0.2, 0) is 0 Å². The van der Waals surface area contributed by atoms with Crippen molar-refractivity contribution < 1.29 is 4.74 Å². The van der Waals surface area contributed by atoms with Gasteiger partial charge in [-0.15, -0.1) is 0 Å². The predicted molar refractivity (Wildman–Crippen MR) is 65.4 cm³/mol. The minimum atomic E-state index is 0.228. The molecule has 5 heteroatoms. The van der Waals surface area contributed by atoms with Crippen LogP contribution < -0.4 is 10.5 Å². The molecule has 1 saturated carbocycles. The van der Waals surface area contributed by atoms with Crippen LogP contribution in [0, 0.1) is 5.92 Å². The summed E-state index contributed by atoms with van der Waals surface area (Å²) in [5.41, 5.74) is 6.01. The summed E-state index contributed by atoms with van der Waals surface area (Å²) < 4.78 is 5.56. The van der Waals surface area contributed by atoms with Crippen molar-refractivity contribution in [3.63, 3.8) is 0 Å². The van der Waals surface area contributed by atoms with Crippen LogP contribution in [0.2, 0.25) is 0 Å². The summed E-state index contributed by atoms with van der Waals surface area (Å²) in [7, 11) is 0. The summed E-state index contributed by atoms with van der Waals surface area (Å²) in [5.74, 6) is 1.28. The molecular weight excluding hydrogens is 222 g/mol. The summed E-state index contributed by atoms with van der Waals surface area (Å²) in [6.07, 6.45) is 8.23. The van der Waals surface area contributed by atoms with E-state index in [0.29, 0.717) is 18.2 Å². The van der Waals surface area contributed by atoms with Crippen LogP contribution >= 0.6 is 12.2 Å². The first-order valence-corrected chi connectivity index (χ1v) is 5.92. The van der Waals surface area contributed by atoms with Crippen LogP contribution in [0.3, 0.4) is 0 Å². The van der Waals surface area contributed by atoms with E-state index in [4.69, 9.17) is 22.7 Å². The van der Waals surface area contributed by atoms with Crippen molar-refractivity contribution in [2.45, 2.75) is 25.7 Å². The number of nitrogens with zero attached hydrogens (tertiary/aromatic N) is 2. The molecule has 16 heavy (non-hydrogen) atoms. The number of hydrogen-bond acceptors (Lipinski definition) is 4. The molecule has 1 aromatic rings. The van der Waals surface area contributed by atoms with E-state index in [1.54, 1.807) is 12.4 Å². The highest BCUT2D eigenvalue weighted by molar-refractivity contribution is 7.80. The SMILES string of the molecule is NC(=S)c1nccnc1OCCC1CCC1. The Labute approximate surface area is 100 Å². The molecule has 1 aliphatic rings. The molecule has 1 aromatic heterocycles. The van der Waals surface area contributed by atoms with Gasteiger partial charge in [0.2, 0.25) is 5.88 Å². The number of ether oxygens (including phenoxy) is 1. The second-order valence-corrected chi connectivity index (χ2v) is 4.45. The zero-order valence-electron chi connectivity index (χ0n) is 9.06. The highest BCUT2D eigenvalue weighted by Gasteiger charge is 2.17. The molecule has 0 bridgehead atoms. The summed E-state index contributed by atoms with van der Waals surface area (Å²) in [6, 6.07) is 0. The van der Waals surface area contributed by atoms with Gasteiger partial charge in [-0.05, 0) is 12.3 Å². The number of nitrogens with two attached hydrogens (primary N) is 1. The minimum Gasteiger partial charge on any atom is -0.476 e. The molecule has 0 unspecified atom stereocenters. The molecule has 0 saturated heterocycles. The molecule has 1 fully saturated rings. The van der Waals surface area contributed by atoms with Crippen molar-refractivity contribution >= 4 is 17.2 Å². The molecule has 0 spiro atoms. The summed E-state index contributed by atoms with van der Waals surface area (Å²) in [5, 5.41) is 0. The molecule has 2 rings (SSSR count). The standard InChI is InChI=1S/C11H15N3OS/c12-10(16)9-11(14-6-5-13-9)15-7-4-8-2-1-3-8/h5-6,8H,1-4,7H2,(H2,12,16). The van der Waals surface area contributed by atoms with Crippen LogP contribution in [0.5, 0.6) is 5.88 Å². The van der Waals surface area contributed by atoms with Gasteiger partial charge in [0.15, 0.2) is 5.69 Å². The number of thiocarbonyl (C=S) groups is 1. The summed E-state index contributed by atoms with van der Waals surface area (Å²) in [6.45, 7) is 0.666. The lowest BCUT2D eigenvalue weighted by molar-refractivity contribution is 0.216. The fourth-order valence-electron chi connectivity index (χ4n) is 1.70. The Balaban J connectivity index is 1.89. The first-order valence-electron chi connectivity index (χ1n) is 5.51. The largest absolute Gasteiger partial charge is 0.476 e.